The standard InChI is InChI=1S/C24H32N2O2/c1-17(2)15-25-24(28)20(5)26(16-22-13-9-7-11-19(22)4)23(27)14-21-12-8-6-10-18(21)3/h6-13,17,20H,14-16H2,1-5H3,(H,25,28). The fraction of sp³-hybridized carbons (Fsp3) is 0.417. The van der Waals surface area contributed by atoms with Gasteiger partial charge in [-0.1, -0.05) is 62.4 Å². The lowest BCUT2D eigenvalue weighted by Gasteiger charge is -2.30. The maximum absolute atomic E-state index is 13.2. The molecule has 0 bridgehead atoms. The minimum Gasteiger partial charge on any atom is -0.354 e. The molecule has 0 heterocycles. The van der Waals surface area contributed by atoms with E-state index in [0.717, 1.165) is 22.3 Å². The van der Waals surface area contributed by atoms with E-state index in [4.69, 9.17) is 0 Å². The largest absolute Gasteiger partial charge is 0.354 e. The van der Waals surface area contributed by atoms with Crippen molar-refractivity contribution in [2.24, 2.45) is 5.92 Å². The van der Waals surface area contributed by atoms with Crippen molar-refractivity contribution in [3.8, 4) is 0 Å². The Morgan fingerprint density at radius 2 is 1.43 bits per heavy atom. The van der Waals surface area contributed by atoms with Gasteiger partial charge >= 0.3 is 0 Å². The number of aryl methyl sites for hydroxylation is 2. The van der Waals surface area contributed by atoms with Crippen molar-refractivity contribution in [3.05, 3.63) is 70.8 Å². The Hall–Kier alpha value is -2.62. The first kappa shape index (κ1) is 21.7. The molecular formula is C24H32N2O2. The fourth-order valence-electron chi connectivity index (χ4n) is 3.08. The zero-order valence-corrected chi connectivity index (χ0v) is 17.7. The van der Waals surface area contributed by atoms with Gasteiger partial charge in [0, 0.05) is 13.1 Å². The van der Waals surface area contributed by atoms with Crippen LogP contribution in [0.15, 0.2) is 48.5 Å². The zero-order valence-electron chi connectivity index (χ0n) is 17.7. The Kier molecular flexibility index (Phi) is 7.80. The summed E-state index contributed by atoms with van der Waals surface area (Å²) in [5.74, 6) is 0.216. The highest BCUT2D eigenvalue weighted by molar-refractivity contribution is 5.88. The topological polar surface area (TPSA) is 49.4 Å². The van der Waals surface area contributed by atoms with E-state index >= 15 is 0 Å². The third-order valence-corrected chi connectivity index (χ3v) is 5.06. The molecule has 0 aliphatic carbocycles. The van der Waals surface area contributed by atoms with Crippen LogP contribution in [0.5, 0.6) is 0 Å². The van der Waals surface area contributed by atoms with Gasteiger partial charge in [-0.2, -0.15) is 0 Å². The molecule has 2 aromatic carbocycles. The van der Waals surface area contributed by atoms with Crippen molar-refractivity contribution in [2.75, 3.05) is 6.54 Å². The third kappa shape index (κ3) is 5.95. The van der Waals surface area contributed by atoms with Crippen molar-refractivity contribution in [2.45, 2.75) is 53.6 Å². The van der Waals surface area contributed by atoms with E-state index in [-0.39, 0.29) is 11.8 Å². The van der Waals surface area contributed by atoms with Crippen LogP contribution in [0.4, 0.5) is 0 Å². The lowest BCUT2D eigenvalue weighted by molar-refractivity contribution is -0.140. The molecule has 1 N–H and O–H groups in total. The maximum Gasteiger partial charge on any atom is 0.242 e. The van der Waals surface area contributed by atoms with Crippen LogP contribution in [0.3, 0.4) is 0 Å². The van der Waals surface area contributed by atoms with Crippen LogP contribution in [0.1, 0.15) is 43.0 Å². The van der Waals surface area contributed by atoms with E-state index in [0.29, 0.717) is 25.4 Å². The van der Waals surface area contributed by atoms with Gasteiger partial charge in [0.25, 0.3) is 0 Å². The van der Waals surface area contributed by atoms with Gasteiger partial charge in [-0.15, -0.1) is 0 Å². The van der Waals surface area contributed by atoms with Gasteiger partial charge in [0.2, 0.25) is 11.8 Å². The predicted molar refractivity (Wildman–Crippen MR) is 114 cm³/mol. The Balaban J connectivity index is 2.24. The molecule has 0 aromatic heterocycles. The molecule has 0 aliphatic heterocycles. The first-order valence-electron chi connectivity index (χ1n) is 9.95. The van der Waals surface area contributed by atoms with Crippen LogP contribution in [-0.2, 0) is 22.6 Å². The summed E-state index contributed by atoms with van der Waals surface area (Å²) < 4.78 is 0. The second kappa shape index (κ2) is 10.1. The lowest BCUT2D eigenvalue weighted by Crippen LogP contribution is -2.48. The lowest BCUT2D eigenvalue weighted by atomic mass is 10.0. The minimum atomic E-state index is -0.533. The van der Waals surface area contributed by atoms with Crippen molar-refractivity contribution in [1.29, 1.82) is 0 Å². The molecule has 0 saturated heterocycles. The van der Waals surface area contributed by atoms with Gasteiger partial charge in [0.05, 0.1) is 6.42 Å². The molecule has 0 aliphatic rings. The number of carbonyl (C=O) groups excluding carboxylic acids is 2. The summed E-state index contributed by atoms with van der Waals surface area (Å²) in [6, 6.07) is 15.4. The van der Waals surface area contributed by atoms with Gasteiger partial charge in [0.15, 0.2) is 0 Å². The van der Waals surface area contributed by atoms with E-state index in [1.807, 2.05) is 69.3 Å². The molecular weight excluding hydrogens is 348 g/mol. The van der Waals surface area contributed by atoms with Gasteiger partial charge < -0.3 is 10.2 Å². The minimum absolute atomic E-state index is 0.0373. The fourth-order valence-corrected chi connectivity index (χ4v) is 3.08. The van der Waals surface area contributed by atoms with E-state index in [2.05, 4.69) is 19.2 Å². The van der Waals surface area contributed by atoms with Crippen molar-refractivity contribution >= 4 is 11.8 Å². The molecule has 0 radical (unpaired) electrons. The molecule has 28 heavy (non-hydrogen) atoms. The first-order chi connectivity index (χ1) is 13.3. The van der Waals surface area contributed by atoms with E-state index in [1.54, 1.807) is 4.90 Å². The molecule has 1 unspecified atom stereocenters. The Labute approximate surface area is 169 Å². The molecule has 2 amide bonds. The maximum atomic E-state index is 13.2. The number of hydrogen-bond donors (Lipinski definition) is 1. The van der Waals surface area contributed by atoms with Crippen molar-refractivity contribution < 1.29 is 9.59 Å². The molecule has 2 aromatic rings. The monoisotopic (exact) mass is 380 g/mol. The summed E-state index contributed by atoms with van der Waals surface area (Å²) >= 11 is 0. The highest BCUT2D eigenvalue weighted by Crippen LogP contribution is 2.16. The Bertz CT molecular complexity index is 814. The van der Waals surface area contributed by atoms with E-state index in [9.17, 15) is 9.59 Å². The van der Waals surface area contributed by atoms with Crippen LogP contribution >= 0.6 is 0 Å². The highest BCUT2D eigenvalue weighted by atomic mass is 16.2. The average molecular weight is 381 g/mol. The van der Waals surface area contributed by atoms with Gasteiger partial charge in [-0.25, -0.2) is 0 Å². The van der Waals surface area contributed by atoms with Crippen LogP contribution < -0.4 is 5.32 Å². The van der Waals surface area contributed by atoms with Gasteiger partial charge in [-0.05, 0) is 48.9 Å². The zero-order chi connectivity index (χ0) is 20.7. The number of amides is 2. The third-order valence-electron chi connectivity index (χ3n) is 5.06. The molecule has 4 heteroatoms. The molecule has 1 atom stereocenters. The summed E-state index contributed by atoms with van der Waals surface area (Å²) in [4.78, 5) is 27.6. The number of nitrogens with one attached hydrogen (secondary N) is 1. The molecule has 150 valence electrons. The molecule has 0 fully saturated rings. The van der Waals surface area contributed by atoms with Crippen LogP contribution in [0, 0.1) is 19.8 Å². The quantitative estimate of drug-likeness (QED) is 0.751. The Morgan fingerprint density at radius 1 is 0.893 bits per heavy atom. The van der Waals surface area contributed by atoms with Crippen molar-refractivity contribution in [1.82, 2.24) is 10.2 Å². The van der Waals surface area contributed by atoms with Crippen LogP contribution in [0.2, 0.25) is 0 Å². The molecule has 2 rings (SSSR count). The van der Waals surface area contributed by atoms with E-state index in [1.165, 1.54) is 0 Å². The van der Waals surface area contributed by atoms with Crippen LogP contribution in [0.25, 0.3) is 0 Å². The number of rotatable bonds is 8. The summed E-state index contributed by atoms with van der Waals surface area (Å²) in [7, 11) is 0. The number of benzene rings is 2. The first-order valence-corrected chi connectivity index (χ1v) is 9.95. The number of carbonyl (C=O) groups is 2. The van der Waals surface area contributed by atoms with Crippen molar-refractivity contribution in [3.63, 3.8) is 0 Å². The number of hydrogen-bond acceptors (Lipinski definition) is 2. The second-order valence-electron chi connectivity index (χ2n) is 7.87. The van der Waals surface area contributed by atoms with Gasteiger partial charge in [-0.3, -0.25) is 9.59 Å². The van der Waals surface area contributed by atoms with Crippen LogP contribution in [-0.4, -0.2) is 29.3 Å². The van der Waals surface area contributed by atoms with E-state index < -0.39 is 6.04 Å². The normalized spacial score (nSPS) is 11.9. The second-order valence-corrected chi connectivity index (χ2v) is 7.87. The number of nitrogens with zero attached hydrogens (tertiary/aromatic N) is 1. The average Bonchev–Trinajstić information content (AvgIpc) is 2.66. The highest BCUT2D eigenvalue weighted by Gasteiger charge is 2.26. The summed E-state index contributed by atoms with van der Waals surface area (Å²) in [6.07, 6.45) is 0.292. The predicted octanol–water partition coefficient (Wildman–Crippen LogP) is 4.04. The summed E-state index contributed by atoms with van der Waals surface area (Å²) in [6.45, 7) is 11.0. The summed E-state index contributed by atoms with van der Waals surface area (Å²) in [5, 5.41) is 2.96. The van der Waals surface area contributed by atoms with Gasteiger partial charge in [0.1, 0.15) is 6.04 Å². The Morgan fingerprint density at radius 3 is 1.96 bits per heavy atom. The summed E-state index contributed by atoms with van der Waals surface area (Å²) in [5.41, 5.74) is 4.26. The smallest absolute Gasteiger partial charge is 0.242 e. The molecule has 0 saturated carbocycles. The molecule has 4 nitrogen and oxygen atoms in total. The SMILES string of the molecule is Cc1ccccc1CC(=O)N(Cc1ccccc1C)C(C)C(=O)NCC(C)C. The molecule has 0 spiro atoms.